The summed E-state index contributed by atoms with van der Waals surface area (Å²) in [6.07, 6.45) is -0.444. The summed E-state index contributed by atoms with van der Waals surface area (Å²) in [6.45, 7) is 0.0393. The quantitative estimate of drug-likeness (QED) is 0.479. The number of hydrogen-bond acceptors (Lipinski definition) is 6. The number of esters is 2. The fourth-order valence-corrected chi connectivity index (χ4v) is 1.76. The lowest BCUT2D eigenvalue weighted by Crippen LogP contribution is -2.45. The molecule has 3 N–H and O–H groups in total. The number of nitrogens with two attached hydrogens (primary N) is 1. The number of anilines is 1. The van der Waals surface area contributed by atoms with Gasteiger partial charge in [0, 0.05) is 12.1 Å². The summed E-state index contributed by atoms with van der Waals surface area (Å²) in [5, 5.41) is 2.35. The normalized spacial score (nSPS) is 18.3. The molecule has 1 aromatic carbocycles. The SMILES string of the molecule is Nc1cccc(COC(=O)N[C@H]2CCC(=O)OC2=O)c1. The van der Waals surface area contributed by atoms with Crippen LogP contribution in [0, 0.1) is 0 Å². The number of alkyl carbamates (subject to hydrolysis) is 1. The van der Waals surface area contributed by atoms with Gasteiger partial charge in [-0.25, -0.2) is 9.59 Å². The fourth-order valence-electron chi connectivity index (χ4n) is 1.76. The highest BCUT2D eigenvalue weighted by atomic mass is 16.6. The summed E-state index contributed by atoms with van der Waals surface area (Å²) in [4.78, 5) is 33.7. The average molecular weight is 278 g/mol. The van der Waals surface area contributed by atoms with E-state index in [1.807, 2.05) is 0 Å². The van der Waals surface area contributed by atoms with Crippen LogP contribution >= 0.6 is 0 Å². The molecule has 106 valence electrons. The number of hydrogen-bond donors (Lipinski definition) is 2. The van der Waals surface area contributed by atoms with Crippen molar-refractivity contribution in [3.05, 3.63) is 29.8 Å². The first-order chi connectivity index (χ1) is 9.54. The van der Waals surface area contributed by atoms with E-state index in [0.29, 0.717) is 5.69 Å². The third-order valence-electron chi connectivity index (χ3n) is 2.75. The van der Waals surface area contributed by atoms with Crippen LogP contribution in [0.5, 0.6) is 0 Å². The highest BCUT2D eigenvalue weighted by Gasteiger charge is 2.30. The summed E-state index contributed by atoms with van der Waals surface area (Å²) in [6, 6.07) is 6.06. The predicted molar refractivity (Wildman–Crippen MR) is 68.3 cm³/mol. The van der Waals surface area contributed by atoms with E-state index in [9.17, 15) is 14.4 Å². The van der Waals surface area contributed by atoms with Crippen LogP contribution < -0.4 is 11.1 Å². The van der Waals surface area contributed by atoms with Gasteiger partial charge in [0.1, 0.15) is 12.6 Å². The first kappa shape index (κ1) is 13.9. The van der Waals surface area contributed by atoms with E-state index < -0.39 is 24.1 Å². The number of benzene rings is 1. The Morgan fingerprint density at radius 1 is 1.45 bits per heavy atom. The standard InChI is InChI=1S/C13H14N2O5/c14-9-3-1-2-8(6-9)7-19-13(18)15-10-4-5-11(16)20-12(10)17/h1-3,6,10H,4-5,7,14H2,(H,15,18)/t10-/m0/s1. The van der Waals surface area contributed by atoms with Gasteiger partial charge in [-0.15, -0.1) is 0 Å². The Kier molecular flexibility index (Phi) is 4.19. The molecule has 1 aliphatic rings. The van der Waals surface area contributed by atoms with Crippen molar-refractivity contribution in [3.63, 3.8) is 0 Å². The van der Waals surface area contributed by atoms with Crippen LogP contribution in [-0.4, -0.2) is 24.1 Å². The molecule has 7 heteroatoms. The van der Waals surface area contributed by atoms with Gasteiger partial charge in [-0.05, 0) is 24.1 Å². The lowest BCUT2D eigenvalue weighted by Gasteiger charge is -2.20. The number of nitrogens with one attached hydrogen (secondary N) is 1. The van der Waals surface area contributed by atoms with Gasteiger partial charge < -0.3 is 20.5 Å². The molecule has 1 saturated heterocycles. The van der Waals surface area contributed by atoms with Gasteiger partial charge in [0.25, 0.3) is 0 Å². The second-order valence-electron chi connectivity index (χ2n) is 4.35. The summed E-state index contributed by atoms with van der Waals surface area (Å²) in [5.41, 5.74) is 6.90. The molecule has 0 radical (unpaired) electrons. The van der Waals surface area contributed by atoms with Gasteiger partial charge in [-0.2, -0.15) is 0 Å². The van der Waals surface area contributed by atoms with Crippen molar-refractivity contribution in [2.45, 2.75) is 25.5 Å². The van der Waals surface area contributed by atoms with E-state index >= 15 is 0 Å². The van der Waals surface area contributed by atoms with E-state index in [1.54, 1.807) is 24.3 Å². The zero-order valence-electron chi connectivity index (χ0n) is 10.6. The van der Waals surface area contributed by atoms with Crippen molar-refractivity contribution in [3.8, 4) is 0 Å². The topological polar surface area (TPSA) is 108 Å². The predicted octanol–water partition coefficient (Wildman–Crippen LogP) is 0.727. The first-order valence-corrected chi connectivity index (χ1v) is 6.07. The molecule has 1 aromatic rings. The summed E-state index contributed by atoms with van der Waals surface area (Å²) in [7, 11) is 0. The van der Waals surface area contributed by atoms with Gasteiger partial charge in [0.15, 0.2) is 0 Å². The zero-order chi connectivity index (χ0) is 14.5. The van der Waals surface area contributed by atoms with Crippen LogP contribution in [0.1, 0.15) is 18.4 Å². The summed E-state index contributed by atoms with van der Waals surface area (Å²) < 4.78 is 9.38. The maximum absolute atomic E-state index is 11.5. The Morgan fingerprint density at radius 3 is 2.95 bits per heavy atom. The number of amides is 1. The molecular weight excluding hydrogens is 264 g/mol. The molecule has 7 nitrogen and oxygen atoms in total. The molecule has 0 saturated carbocycles. The van der Waals surface area contributed by atoms with Crippen LogP contribution in [0.25, 0.3) is 0 Å². The number of carbonyl (C=O) groups is 3. The zero-order valence-corrected chi connectivity index (χ0v) is 10.6. The van der Waals surface area contributed by atoms with Gasteiger partial charge >= 0.3 is 18.0 Å². The van der Waals surface area contributed by atoms with Gasteiger partial charge in [0.05, 0.1) is 0 Å². The third-order valence-corrected chi connectivity index (χ3v) is 2.75. The number of carbonyl (C=O) groups excluding carboxylic acids is 3. The van der Waals surface area contributed by atoms with E-state index in [0.717, 1.165) is 5.56 Å². The van der Waals surface area contributed by atoms with Crippen molar-refractivity contribution < 1.29 is 23.9 Å². The van der Waals surface area contributed by atoms with Crippen LogP contribution in [0.4, 0.5) is 10.5 Å². The lowest BCUT2D eigenvalue weighted by molar-refractivity contribution is -0.165. The fraction of sp³-hybridized carbons (Fsp3) is 0.308. The number of ether oxygens (including phenoxy) is 2. The van der Waals surface area contributed by atoms with Crippen LogP contribution in [0.3, 0.4) is 0 Å². The Morgan fingerprint density at radius 2 is 2.25 bits per heavy atom. The minimum atomic E-state index is -0.846. The molecule has 1 fully saturated rings. The highest BCUT2D eigenvalue weighted by Crippen LogP contribution is 2.10. The molecular formula is C13H14N2O5. The maximum Gasteiger partial charge on any atom is 0.408 e. The van der Waals surface area contributed by atoms with Crippen molar-refractivity contribution in [2.24, 2.45) is 0 Å². The Balaban J connectivity index is 1.81. The molecule has 1 amide bonds. The molecule has 2 rings (SSSR count). The largest absolute Gasteiger partial charge is 0.445 e. The van der Waals surface area contributed by atoms with E-state index in [1.165, 1.54) is 0 Å². The van der Waals surface area contributed by atoms with E-state index in [-0.39, 0.29) is 19.4 Å². The molecule has 0 spiro atoms. The molecule has 0 aliphatic carbocycles. The van der Waals surface area contributed by atoms with Gasteiger partial charge in [-0.1, -0.05) is 12.1 Å². The monoisotopic (exact) mass is 278 g/mol. The number of rotatable bonds is 3. The Hall–Kier alpha value is -2.57. The molecule has 20 heavy (non-hydrogen) atoms. The van der Waals surface area contributed by atoms with Gasteiger partial charge in [0.2, 0.25) is 0 Å². The third kappa shape index (κ3) is 3.71. The van der Waals surface area contributed by atoms with E-state index in [2.05, 4.69) is 10.1 Å². The number of nitrogen functional groups attached to an aromatic ring is 1. The van der Waals surface area contributed by atoms with Crippen LogP contribution in [0.2, 0.25) is 0 Å². The van der Waals surface area contributed by atoms with Crippen molar-refractivity contribution >= 4 is 23.7 Å². The first-order valence-electron chi connectivity index (χ1n) is 6.07. The van der Waals surface area contributed by atoms with Crippen LogP contribution in [-0.2, 0) is 25.7 Å². The lowest BCUT2D eigenvalue weighted by atomic mass is 10.1. The summed E-state index contributed by atoms with van der Waals surface area (Å²) >= 11 is 0. The van der Waals surface area contributed by atoms with Gasteiger partial charge in [-0.3, -0.25) is 4.79 Å². The van der Waals surface area contributed by atoms with E-state index in [4.69, 9.17) is 10.5 Å². The second kappa shape index (κ2) is 6.05. The molecule has 0 bridgehead atoms. The van der Waals surface area contributed by atoms with Crippen LogP contribution in [0.15, 0.2) is 24.3 Å². The Bertz CT molecular complexity index is 543. The van der Waals surface area contributed by atoms with Crippen molar-refractivity contribution in [1.82, 2.24) is 5.32 Å². The second-order valence-corrected chi connectivity index (χ2v) is 4.35. The highest BCUT2D eigenvalue weighted by molar-refractivity contribution is 5.92. The molecule has 0 aromatic heterocycles. The summed E-state index contributed by atoms with van der Waals surface area (Å²) in [5.74, 6) is -1.34. The smallest absolute Gasteiger partial charge is 0.408 e. The maximum atomic E-state index is 11.5. The minimum absolute atomic E-state index is 0.0393. The molecule has 0 unspecified atom stereocenters. The van der Waals surface area contributed by atoms with Crippen molar-refractivity contribution in [2.75, 3.05) is 5.73 Å². The molecule has 1 atom stereocenters. The average Bonchev–Trinajstić information content (AvgIpc) is 2.40. The Labute approximate surface area is 115 Å². The van der Waals surface area contributed by atoms with Crippen molar-refractivity contribution in [1.29, 1.82) is 0 Å². The molecule has 1 heterocycles. The minimum Gasteiger partial charge on any atom is -0.445 e. The number of cyclic esters (lactones) is 2. The molecule has 1 aliphatic heterocycles.